The van der Waals surface area contributed by atoms with E-state index in [1.54, 1.807) is 7.11 Å². The summed E-state index contributed by atoms with van der Waals surface area (Å²) in [6.07, 6.45) is 0.417. The Balaban J connectivity index is 1.39. The smallest absolute Gasteiger partial charge is 0.227 e. The minimum absolute atomic E-state index is 0.00712. The molecule has 1 aromatic heterocycles. The van der Waals surface area contributed by atoms with E-state index in [1.165, 1.54) is 0 Å². The highest BCUT2D eigenvalue weighted by molar-refractivity contribution is 6.32. The number of carbonyl (C=O) groups is 1. The van der Waals surface area contributed by atoms with E-state index < -0.39 is 0 Å². The zero-order chi connectivity index (χ0) is 22.8. The van der Waals surface area contributed by atoms with Crippen LogP contribution in [0.1, 0.15) is 18.2 Å². The molecule has 0 saturated carbocycles. The standard InChI is InChI=1S/C26H24ClN3O3/c1-32-20-12-10-19(11-13-20)30-17-18(16-25(30)31)26-28-22-7-3-4-8-23(22)29(26)14-15-33-24-9-5-2-6-21(24)27/h2-13,18H,14-17H2,1H3/t18-/m1/s1. The molecule has 0 unspecified atom stereocenters. The van der Waals surface area contributed by atoms with Gasteiger partial charge in [0.15, 0.2) is 0 Å². The van der Waals surface area contributed by atoms with Crippen molar-refractivity contribution in [2.45, 2.75) is 18.9 Å². The summed E-state index contributed by atoms with van der Waals surface area (Å²) < 4.78 is 13.3. The van der Waals surface area contributed by atoms with Crippen molar-refractivity contribution in [3.8, 4) is 11.5 Å². The quantitative estimate of drug-likeness (QED) is 0.375. The molecule has 1 amide bonds. The summed E-state index contributed by atoms with van der Waals surface area (Å²) in [4.78, 5) is 19.6. The van der Waals surface area contributed by atoms with Gasteiger partial charge in [0.25, 0.3) is 0 Å². The van der Waals surface area contributed by atoms with Crippen molar-refractivity contribution in [2.75, 3.05) is 25.2 Å². The lowest BCUT2D eigenvalue weighted by atomic mass is 10.1. The van der Waals surface area contributed by atoms with Crippen LogP contribution in [-0.4, -0.2) is 35.7 Å². The van der Waals surface area contributed by atoms with Crippen LogP contribution in [0.15, 0.2) is 72.8 Å². The van der Waals surface area contributed by atoms with Crippen molar-refractivity contribution < 1.29 is 14.3 Å². The number of benzene rings is 3. The van der Waals surface area contributed by atoms with Gasteiger partial charge in [0.1, 0.15) is 23.9 Å². The third kappa shape index (κ3) is 4.26. The van der Waals surface area contributed by atoms with Crippen LogP contribution < -0.4 is 14.4 Å². The van der Waals surface area contributed by atoms with E-state index in [0.29, 0.717) is 36.9 Å². The van der Waals surface area contributed by atoms with Gasteiger partial charge < -0.3 is 18.9 Å². The Morgan fingerprint density at radius 3 is 2.58 bits per heavy atom. The van der Waals surface area contributed by atoms with Crippen LogP contribution in [0.3, 0.4) is 0 Å². The zero-order valence-corrected chi connectivity index (χ0v) is 19.0. The minimum atomic E-state index is -0.00712. The molecular formula is C26H24ClN3O3. The molecule has 2 heterocycles. The summed E-state index contributed by atoms with van der Waals surface area (Å²) in [5.41, 5.74) is 2.82. The normalized spacial score (nSPS) is 15.9. The van der Waals surface area contributed by atoms with Crippen LogP contribution in [0.5, 0.6) is 11.5 Å². The van der Waals surface area contributed by atoms with Gasteiger partial charge in [0.2, 0.25) is 5.91 Å². The Hall–Kier alpha value is -3.51. The van der Waals surface area contributed by atoms with E-state index in [0.717, 1.165) is 28.3 Å². The number of methoxy groups -OCH3 is 1. The van der Waals surface area contributed by atoms with E-state index in [9.17, 15) is 4.79 Å². The van der Waals surface area contributed by atoms with Gasteiger partial charge in [-0.15, -0.1) is 0 Å². The topological polar surface area (TPSA) is 56.6 Å². The number of rotatable bonds is 7. The lowest BCUT2D eigenvalue weighted by Gasteiger charge is -2.18. The van der Waals surface area contributed by atoms with Crippen LogP contribution in [0.25, 0.3) is 11.0 Å². The van der Waals surface area contributed by atoms with Gasteiger partial charge in [0, 0.05) is 24.6 Å². The van der Waals surface area contributed by atoms with Crippen LogP contribution >= 0.6 is 11.6 Å². The maximum Gasteiger partial charge on any atom is 0.227 e. The van der Waals surface area contributed by atoms with Crippen LogP contribution in [-0.2, 0) is 11.3 Å². The molecule has 4 aromatic rings. The average molecular weight is 462 g/mol. The Labute approximate surface area is 197 Å². The van der Waals surface area contributed by atoms with Crippen molar-refractivity contribution in [1.82, 2.24) is 9.55 Å². The second-order valence-electron chi connectivity index (χ2n) is 7.99. The Kier molecular flexibility index (Phi) is 5.92. The largest absolute Gasteiger partial charge is 0.497 e. The summed E-state index contributed by atoms with van der Waals surface area (Å²) in [6.45, 7) is 1.63. The maximum absolute atomic E-state index is 12.9. The van der Waals surface area contributed by atoms with Crippen LogP contribution in [0.4, 0.5) is 5.69 Å². The number of imidazole rings is 1. The van der Waals surface area contributed by atoms with E-state index in [2.05, 4.69) is 10.6 Å². The predicted octanol–water partition coefficient (Wildman–Crippen LogP) is 5.30. The zero-order valence-electron chi connectivity index (χ0n) is 18.3. The predicted molar refractivity (Wildman–Crippen MR) is 129 cm³/mol. The Morgan fingerprint density at radius 2 is 1.79 bits per heavy atom. The highest BCUT2D eigenvalue weighted by Crippen LogP contribution is 2.34. The number of hydrogen-bond acceptors (Lipinski definition) is 4. The van der Waals surface area contributed by atoms with Crippen molar-refractivity contribution in [2.24, 2.45) is 0 Å². The van der Waals surface area contributed by atoms with E-state index in [-0.39, 0.29) is 11.8 Å². The SMILES string of the molecule is COc1ccc(N2C[C@H](c3nc4ccccc4n3CCOc3ccccc3Cl)CC2=O)cc1. The molecule has 3 aromatic carbocycles. The van der Waals surface area contributed by atoms with Crippen molar-refractivity contribution in [3.63, 3.8) is 0 Å². The first-order chi connectivity index (χ1) is 16.1. The number of aromatic nitrogens is 2. The summed E-state index contributed by atoms with van der Waals surface area (Å²) >= 11 is 6.23. The molecule has 0 radical (unpaired) electrons. The minimum Gasteiger partial charge on any atom is -0.497 e. The number of amides is 1. The molecule has 6 nitrogen and oxygen atoms in total. The fourth-order valence-corrected chi connectivity index (χ4v) is 4.53. The number of halogens is 1. The molecule has 1 aliphatic rings. The van der Waals surface area contributed by atoms with Gasteiger partial charge in [-0.2, -0.15) is 0 Å². The molecule has 1 fully saturated rings. The molecule has 7 heteroatoms. The molecule has 168 valence electrons. The Morgan fingerprint density at radius 1 is 1.03 bits per heavy atom. The molecule has 0 N–H and O–H groups in total. The molecule has 1 saturated heterocycles. The molecule has 1 atom stereocenters. The third-order valence-electron chi connectivity index (χ3n) is 5.97. The number of nitrogens with zero attached hydrogens (tertiary/aromatic N) is 3. The number of hydrogen-bond donors (Lipinski definition) is 0. The maximum atomic E-state index is 12.9. The first-order valence-corrected chi connectivity index (χ1v) is 11.3. The van der Waals surface area contributed by atoms with Gasteiger partial charge in [-0.1, -0.05) is 35.9 Å². The van der Waals surface area contributed by atoms with Crippen molar-refractivity contribution >= 4 is 34.2 Å². The molecule has 0 aliphatic carbocycles. The summed E-state index contributed by atoms with van der Waals surface area (Å²) in [6, 6.07) is 23.1. The highest BCUT2D eigenvalue weighted by Gasteiger charge is 2.34. The van der Waals surface area contributed by atoms with Crippen molar-refractivity contribution in [1.29, 1.82) is 0 Å². The fourth-order valence-electron chi connectivity index (χ4n) is 4.34. The number of para-hydroxylation sites is 3. The summed E-state index contributed by atoms with van der Waals surface area (Å²) in [5, 5.41) is 0.588. The highest BCUT2D eigenvalue weighted by atomic mass is 35.5. The van der Waals surface area contributed by atoms with Crippen LogP contribution in [0.2, 0.25) is 5.02 Å². The fraction of sp³-hybridized carbons (Fsp3) is 0.231. The number of carbonyl (C=O) groups excluding carboxylic acids is 1. The molecule has 33 heavy (non-hydrogen) atoms. The van der Waals surface area contributed by atoms with Gasteiger partial charge in [-0.3, -0.25) is 4.79 Å². The van der Waals surface area contributed by atoms with Gasteiger partial charge in [-0.25, -0.2) is 4.98 Å². The van der Waals surface area contributed by atoms with Gasteiger partial charge in [-0.05, 0) is 48.5 Å². The number of ether oxygens (including phenoxy) is 2. The number of fused-ring (bicyclic) bond motifs is 1. The third-order valence-corrected chi connectivity index (χ3v) is 6.28. The van der Waals surface area contributed by atoms with Crippen LogP contribution in [0, 0.1) is 0 Å². The molecular weight excluding hydrogens is 438 g/mol. The molecule has 5 rings (SSSR count). The lowest BCUT2D eigenvalue weighted by Crippen LogP contribution is -2.24. The first-order valence-electron chi connectivity index (χ1n) is 10.9. The monoisotopic (exact) mass is 461 g/mol. The first kappa shape index (κ1) is 21.3. The summed E-state index contributed by atoms with van der Waals surface area (Å²) in [7, 11) is 1.63. The van der Waals surface area contributed by atoms with Gasteiger partial charge in [0.05, 0.1) is 29.7 Å². The lowest BCUT2D eigenvalue weighted by molar-refractivity contribution is -0.117. The molecule has 1 aliphatic heterocycles. The van der Waals surface area contributed by atoms with E-state index in [1.807, 2.05) is 71.6 Å². The van der Waals surface area contributed by atoms with E-state index in [4.69, 9.17) is 26.1 Å². The molecule has 0 spiro atoms. The second-order valence-corrected chi connectivity index (χ2v) is 8.40. The molecule has 0 bridgehead atoms. The summed E-state index contributed by atoms with van der Waals surface area (Å²) in [5.74, 6) is 2.42. The average Bonchev–Trinajstić information content (AvgIpc) is 3.41. The number of anilines is 1. The Bertz CT molecular complexity index is 1290. The van der Waals surface area contributed by atoms with Gasteiger partial charge >= 0.3 is 0 Å². The van der Waals surface area contributed by atoms with E-state index >= 15 is 0 Å². The van der Waals surface area contributed by atoms with Crippen molar-refractivity contribution in [3.05, 3.63) is 83.6 Å². The second kappa shape index (κ2) is 9.16.